The van der Waals surface area contributed by atoms with Crippen molar-refractivity contribution in [3.05, 3.63) is 18.2 Å². The molecule has 4 aliphatic rings. The lowest BCUT2D eigenvalue weighted by Crippen LogP contribution is -2.57. The Balaban J connectivity index is 1.26. The van der Waals surface area contributed by atoms with Crippen molar-refractivity contribution >= 4 is 16.7 Å². The standard InChI is InChI=1S/C26H36FN5O3/c27-20-16-28-15-19-22(20)29-24(30-23(19)31-11-4-13-34-14-12-31)35-18-25-6-1-5-21(25)32(10-3-7-25)17-26(33)8-2-9-26/h15-16,21,33H,1-14,17-18H2/t21-,25-/m1/s1. The molecule has 0 aromatic carbocycles. The van der Waals surface area contributed by atoms with Crippen LogP contribution in [0.1, 0.15) is 57.8 Å². The molecular weight excluding hydrogens is 449 g/mol. The Kier molecular flexibility index (Phi) is 6.26. The minimum Gasteiger partial charge on any atom is -0.463 e. The van der Waals surface area contributed by atoms with E-state index in [1.54, 1.807) is 6.20 Å². The van der Waals surface area contributed by atoms with E-state index in [2.05, 4.69) is 19.8 Å². The molecule has 4 heterocycles. The molecule has 190 valence electrons. The van der Waals surface area contributed by atoms with Crippen LogP contribution in [0.5, 0.6) is 6.01 Å². The topological polar surface area (TPSA) is 83.8 Å². The van der Waals surface area contributed by atoms with E-state index in [4.69, 9.17) is 14.5 Å². The number of hydrogen-bond donors (Lipinski definition) is 1. The summed E-state index contributed by atoms with van der Waals surface area (Å²) in [6, 6.07) is 0.641. The molecule has 1 N–H and O–H groups in total. The summed E-state index contributed by atoms with van der Waals surface area (Å²) < 4.78 is 26.7. The summed E-state index contributed by atoms with van der Waals surface area (Å²) in [5.41, 5.74) is -0.224. The van der Waals surface area contributed by atoms with Gasteiger partial charge in [-0.25, -0.2) is 4.39 Å². The number of ether oxygens (including phenoxy) is 2. The van der Waals surface area contributed by atoms with Crippen LogP contribution in [0, 0.1) is 11.2 Å². The van der Waals surface area contributed by atoms with Crippen LogP contribution in [0.4, 0.5) is 10.2 Å². The third-order valence-electron chi connectivity index (χ3n) is 8.73. The van der Waals surface area contributed by atoms with Crippen molar-refractivity contribution in [2.45, 2.75) is 69.4 Å². The van der Waals surface area contributed by atoms with E-state index in [-0.39, 0.29) is 16.9 Å². The van der Waals surface area contributed by atoms with E-state index in [1.807, 2.05) is 0 Å². The number of β-amino-alcohol motifs (C(OH)–C–C–N with tert-alkyl or cyclic N) is 1. The summed E-state index contributed by atoms with van der Waals surface area (Å²) in [6.07, 6.45) is 12.3. The molecule has 2 saturated heterocycles. The van der Waals surface area contributed by atoms with E-state index in [1.165, 1.54) is 12.6 Å². The molecule has 35 heavy (non-hydrogen) atoms. The fraction of sp³-hybridized carbons (Fsp3) is 0.731. The molecular formula is C26H36FN5O3. The van der Waals surface area contributed by atoms with Crippen molar-refractivity contribution < 1.29 is 19.0 Å². The van der Waals surface area contributed by atoms with Gasteiger partial charge in [-0.15, -0.1) is 0 Å². The van der Waals surface area contributed by atoms with Crippen molar-refractivity contribution in [2.24, 2.45) is 5.41 Å². The number of pyridine rings is 1. The van der Waals surface area contributed by atoms with Crippen molar-refractivity contribution in [2.75, 3.05) is 50.9 Å². The molecule has 2 aliphatic carbocycles. The molecule has 9 heteroatoms. The van der Waals surface area contributed by atoms with Gasteiger partial charge in [0, 0.05) is 43.9 Å². The minimum atomic E-state index is -0.509. The number of aromatic nitrogens is 3. The average Bonchev–Trinajstić information content (AvgIpc) is 3.09. The fourth-order valence-electron chi connectivity index (χ4n) is 6.77. The lowest BCUT2D eigenvalue weighted by molar-refractivity contribution is -0.0921. The van der Waals surface area contributed by atoms with Gasteiger partial charge in [-0.3, -0.25) is 9.88 Å². The molecule has 2 atom stereocenters. The van der Waals surface area contributed by atoms with Gasteiger partial charge < -0.3 is 19.5 Å². The quantitative estimate of drug-likeness (QED) is 0.667. The highest BCUT2D eigenvalue weighted by Gasteiger charge is 2.50. The minimum absolute atomic E-state index is 0.0318. The first kappa shape index (κ1) is 23.3. The van der Waals surface area contributed by atoms with Crippen LogP contribution < -0.4 is 9.64 Å². The number of aliphatic hydroxyl groups is 1. The zero-order chi connectivity index (χ0) is 23.9. The van der Waals surface area contributed by atoms with Gasteiger partial charge in [0.25, 0.3) is 0 Å². The Labute approximate surface area is 205 Å². The molecule has 8 nitrogen and oxygen atoms in total. The summed E-state index contributed by atoms with van der Waals surface area (Å²) in [5, 5.41) is 11.4. The number of fused-ring (bicyclic) bond motifs is 2. The van der Waals surface area contributed by atoms with Gasteiger partial charge in [0.1, 0.15) is 11.3 Å². The second-order valence-electron chi connectivity index (χ2n) is 11.0. The average molecular weight is 486 g/mol. The molecule has 0 unspecified atom stereocenters. The Bertz CT molecular complexity index is 1060. The highest BCUT2D eigenvalue weighted by molar-refractivity contribution is 5.89. The van der Waals surface area contributed by atoms with Gasteiger partial charge in [-0.05, 0) is 57.9 Å². The van der Waals surface area contributed by atoms with Crippen LogP contribution in [0.15, 0.2) is 12.4 Å². The maximum Gasteiger partial charge on any atom is 0.319 e. The van der Waals surface area contributed by atoms with Gasteiger partial charge >= 0.3 is 6.01 Å². The van der Waals surface area contributed by atoms with Crippen molar-refractivity contribution in [1.82, 2.24) is 19.9 Å². The van der Waals surface area contributed by atoms with Crippen LogP contribution in [-0.2, 0) is 4.74 Å². The van der Waals surface area contributed by atoms with Gasteiger partial charge in [0.15, 0.2) is 5.82 Å². The number of piperidine rings is 1. The summed E-state index contributed by atoms with van der Waals surface area (Å²) in [4.78, 5) is 18.0. The monoisotopic (exact) mass is 485 g/mol. The number of hydrogen-bond acceptors (Lipinski definition) is 8. The zero-order valence-electron chi connectivity index (χ0n) is 20.4. The first-order valence-corrected chi connectivity index (χ1v) is 13.3. The second kappa shape index (κ2) is 9.41. The highest BCUT2D eigenvalue weighted by Crippen LogP contribution is 2.49. The highest BCUT2D eigenvalue weighted by atomic mass is 19.1. The normalized spacial score (nSPS) is 29.0. The van der Waals surface area contributed by atoms with Crippen molar-refractivity contribution in [3.8, 4) is 6.01 Å². The lowest BCUT2D eigenvalue weighted by atomic mass is 9.73. The largest absolute Gasteiger partial charge is 0.463 e. The van der Waals surface area contributed by atoms with Crippen LogP contribution >= 0.6 is 0 Å². The number of anilines is 1. The van der Waals surface area contributed by atoms with Gasteiger partial charge in [-0.1, -0.05) is 6.42 Å². The molecule has 0 amide bonds. The van der Waals surface area contributed by atoms with E-state index >= 15 is 0 Å². The zero-order valence-corrected chi connectivity index (χ0v) is 20.4. The molecule has 2 aromatic heterocycles. The van der Waals surface area contributed by atoms with Crippen LogP contribution in [0.3, 0.4) is 0 Å². The number of nitrogens with zero attached hydrogens (tertiary/aromatic N) is 5. The Morgan fingerprint density at radius 1 is 1.03 bits per heavy atom. The third kappa shape index (κ3) is 4.47. The maximum atomic E-state index is 14.8. The van der Waals surface area contributed by atoms with Crippen molar-refractivity contribution in [3.63, 3.8) is 0 Å². The first-order valence-electron chi connectivity index (χ1n) is 13.3. The Hall–Kier alpha value is -2.10. The van der Waals surface area contributed by atoms with Gasteiger partial charge in [0.05, 0.1) is 30.4 Å². The summed E-state index contributed by atoms with van der Waals surface area (Å²) in [7, 11) is 0. The van der Waals surface area contributed by atoms with Gasteiger partial charge in [-0.2, -0.15) is 9.97 Å². The van der Waals surface area contributed by atoms with Gasteiger partial charge in [0.2, 0.25) is 0 Å². The number of rotatable bonds is 6. The summed E-state index contributed by atoms with van der Waals surface area (Å²) in [5.74, 6) is 0.206. The smallest absolute Gasteiger partial charge is 0.319 e. The van der Waals surface area contributed by atoms with Crippen LogP contribution in [-0.4, -0.2) is 82.6 Å². The molecule has 4 fully saturated rings. The van der Waals surface area contributed by atoms with Crippen LogP contribution in [0.2, 0.25) is 0 Å². The second-order valence-corrected chi connectivity index (χ2v) is 11.0. The Morgan fingerprint density at radius 2 is 1.91 bits per heavy atom. The van der Waals surface area contributed by atoms with E-state index in [0.717, 1.165) is 71.0 Å². The molecule has 6 rings (SSSR count). The summed E-state index contributed by atoms with van der Waals surface area (Å²) in [6.45, 7) is 5.12. The molecule has 2 aliphatic heterocycles. The molecule has 0 radical (unpaired) electrons. The molecule has 2 aromatic rings. The molecule has 0 spiro atoms. The molecule has 0 bridgehead atoms. The lowest BCUT2D eigenvalue weighted by Gasteiger charge is -2.50. The van der Waals surface area contributed by atoms with E-state index in [9.17, 15) is 9.50 Å². The maximum absolute atomic E-state index is 14.8. The van der Waals surface area contributed by atoms with E-state index < -0.39 is 11.4 Å². The SMILES string of the molecule is OC1(CN2CCC[C@@]3(COc4nc(N5CCCOCC5)c5cncc(F)c5n4)CCC[C@@H]23)CCC1. The van der Waals surface area contributed by atoms with E-state index in [0.29, 0.717) is 43.6 Å². The predicted octanol–water partition coefficient (Wildman–Crippen LogP) is 3.32. The predicted molar refractivity (Wildman–Crippen MR) is 130 cm³/mol. The Morgan fingerprint density at radius 3 is 2.77 bits per heavy atom. The summed E-state index contributed by atoms with van der Waals surface area (Å²) >= 11 is 0. The number of likely N-dealkylation sites (tertiary alicyclic amines) is 1. The van der Waals surface area contributed by atoms with Crippen LogP contribution in [0.25, 0.3) is 10.9 Å². The van der Waals surface area contributed by atoms with Crippen molar-refractivity contribution in [1.29, 1.82) is 0 Å². The molecule has 2 saturated carbocycles. The first-order chi connectivity index (χ1) is 17.1. The fourth-order valence-corrected chi connectivity index (χ4v) is 6.77. The number of halogens is 1. The third-order valence-corrected chi connectivity index (χ3v) is 8.73.